The van der Waals surface area contributed by atoms with Gasteiger partial charge >= 0.3 is 0 Å². The standard InChI is InChI=1S/C21H22ClFN2/c1-5-25-20-9-6-15(10-17(20)14(2)12-21(25,3)4)13-24-16-7-8-19(23)18(22)11-16/h6-13H,5H2,1-4H3. The predicted molar refractivity (Wildman–Crippen MR) is 106 cm³/mol. The minimum absolute atomic E-state index is 0.00625. The number of benzene rings is 2. The Balaban J connectivity index is 1.95. The van der Waals surface area contributed by atoms with Gasteiger partial charge in [-0.25, -0.2) is 4.39 Å². The van der Waals surface area contributed by atoms with Crippen LogP contribution in [0.15, 0.2) is 47.5 Å². The van der Waals surface area contributed by atoms with Crippen LogP contribution in [0.4, 0.5) is 15.8 Å². The molecule has 0 radical (unpaired) electrons. The van der Waals surface area contributed by atoms with Gasteiger partial charge in [0.2, 0.25) is 0 Å². The van der Waals surface area contributed by atoms with Gasteiger partial charge in [0.25, 0.3) is 0 Å². The van der Waals surface area contributed by atoms with Gasteiger partial charge in [-0.2, -0.15) is 0 Å². The molecule has 25 heavy (non-hydrogen) atoms. The molecule has 0 spiro atoms. The summed E-state index contributed by atoms with van der Waals surface area (Å²) in [4.78, 5) is 6.81. The Kier molecular flexibility index (Phi) is 4.70. The van der Waals surface area contributed by atoms with Gasteiger partial charge < -0.3 is 4.90 Å². The van der Waals surface area contributed by atoms with Gasteiger partial charge in [0.05, 0.1) is 16.2 Å². The molecule has 2 aromatic rings. The average Bonchev–Trinajstić information content (AvgIpc) is 2.56. The Labute approximate surface area is 153 Å². The van der Waals surface area contributed by atoms with E-state index >= 15 is 0 Å². The molecular formula is C21H22ClFN2. The molecule has 3 rings (SSSR count). The maximum Gasteiger partial charge on any atom is 0.141 e. The fourth-order valence-electron chi connectivity index (χ4n) is 3.47. The number of likely N-dealkylation sites (N-methyl/N-ethyl adjacent to an activating group) is 1. The first-order valence-electron chi connectivity index (χ1n) is 8.42. The number of fused-ring (bicyclic) bond motifs is 1. The molecule has 0 fully saturated rings. The predicted octanol–water partition coefficient (Wildman–Crippen LogP) is 6.25. The van der Waals surface area contributed by atoms with Crippen LogP contribution >= 0.6 is 11.6 Å². The Bertz CT molecular complexity index is 868. The lowest BCUT2D eigenvalue weighted by Crippen LogP contribution is -2.44. The highest BCUT2D eigenvalue weighted by molar-refractivity contribution is 6.31. The van der Waals surface area contributed by atoms with E-state index in [0.29, 0.717) is 5.69 Å². The lowest BCUT2D eigenvalue weighted by atomic mass is 9.88. The number of halogens is 2. The second-order valence-electron chi connectivity index (χ2n) is 6.86. The maximum atomic E-state index is 13.2. The van der Waals surface area contributed by atoms with Crippen molar-refractivity contribution in [3.05, 3.63) is 64.4 Å². The van der Waals surface area contributed by atoms with Crippen molar-refractivity contribution in [2.75, 3.05) is 11.4 Å². The summed E-state index contributed by atoms with van der Waals surface area (Å²) in [6, 6.07) is 10.8. The Morgan fingerprint density at radius 3 is 2.64 bits per heavy atom. The van der Waals surface area contributed by atoms with Crippen LogP contribution in [-0.4, -0.2) is 18.3 Å². The van der Waals surface area contributed by atoms with Crippen molar-refractivity contribution in [1.82, 2.24) is 0 Å². The zero-order valence-corrected chi connectivity index (χ0v) is 15.7. The van der Waals surface area contributed by atoms with E-state index in [-0.39, 0.29) is 10.6 Å². The molecule has 1 aliphatic rings. The summed E-state index contributed by atoms with van der Waals surface area (Å²) >= 11 is 5.81. The molecule has 1 aliphatic heterocycles. The average molecular weight is 357 g/mol. The van der Waals surface area contributed by atoms with Gasteiger partial charge in [0, 0.05) is 24.0 Å². The normalized spacial score (nSPS) is 16.1. The van der Waals surface area contributed by atoms with Crippen LogP contribution in [0.25, 0.3) is 5.57 Å². The van der Waals surface area contributed by atoms with Gasteiger partial charge in [0.1, 0.15) is 5.82 Å². The molecule has 0 N–H and O–H groups in total. The third kappa shape index (κ3) is 3.47. The minimum Gasteiger partial charge on any atom is -0.363 e. The van der Waals surface area contributed by atoms with E-state index in [1.807, 2.05) is 0 Å². The Morgan fingerprint density at radius 2 is 1.96 bits per heavy atom. The summed E-state index contributed by atoms with van der Waals surface area (Å²) in [6.07, 6.45) is 4.09. The highest BCUT2D eigenvalue weighted by Gasteiger charge is 2.29. The number of allylic oxidation sites excluding steroid dienone is 1. The van der Waals surface area contributed by atoms with E-state index < -0.39 is 5.82 Å². The molecule has 130 valence electrons. The Morgan fingerprint density at radius 1 is 1.20 bits per heavy atom. The Hall–Kier alpha value is -2.13. The lowest BCUT2D eigenvalue weighted by Gasteiger charge is -2.42. The molecule has 0 unspecified atom stereocenters. The highest BCUT2D eigenvalue weighted by atomic mass is 35.5. The van der Waals surface area contributed by atoms with E-state index in [1.54, 1.807) is 12.3 Å². The zero-order valence-electron chi connectivity index (χ0n) is 15.0. The van der Waals surface area contributed by atoms with Crippen molar-refractivity contribution in [2.45, 2.75) is 33.2 Å². The van der Waals surface area contributed by atoms with Crippen LogP contribution in [0.3, 0.4) is 0 Å². The van der Waals surface area contributed by atoms with Crippen molar-refractivity contribution in [2.24, 2.45) is 4.99 Å². The van der Waals surface area contributed by atoms with Crippen molar-refractivity contribution < 1.29 is 4.39 Å². The molecule has 0 aliphatic carbocycles. The summed E-state index contributed by atoms with van der Waals surface area (Å²) in [5.74, 6) is -0.433. The first-order chi connectivity index (χ1) is 11.8. The molecule has 0 amide bonds. The van der Waals surface area contributed by atoms with E-state index in [0.717, 1.165) is 12.1 Å². The molecule has 0 aromatic heterocycles. The van der Waals surface area contributed by atoms with Gasteiger partial charge in [0.15, 0.2) is 0 Å². The van der Waals surface area contributed by atoms with Crippen LogP contribution < -0.4 is 4.90 Å². The summed E-state index contributed by atoms with van der Waals surface area (Å²) in [7, 11) is 0. The number of nitrogens with zero attached hydrogens (tertiary/aromatic N) is 2. The summed E-state index contributed by atoms with van der Waals surface area (Å²) < 4.78 is 13.2. The molecule has 1 heterocycles. The number of anilines is 1. The molecule has 2 nitrogen and oxygen atoms in total. The number of aliphatic imine (C=N–C) groups is 1. The molecule has 0 saturated heterocycles. The lowest BCUT2D eigenvalue weighted by molar-refractivity contribution is 0.566. The molecule has 0 atom stereocenters. The quantitative estimate of drug-likeness (QED) is 0.593. The van der Waals surface area contributed by atoms with Crippen LogP contribution in [0, 0.1) is 5.82 Å². The van der Waals surface area contributed by atoms with Crippen molar-refractivity contribution in [1.29, 1.82) is 0 Å². The number of hydrogen-bond acceptors (Lipinski definition) is 2. The van der Waals surface area contributed by atoms with Crippen molar-refractivity contribution >= 4 is 34.8 Å². The molecular weight excluding hydrogens is 335 g/mol. The van der Waals surface area contributed by atoms with Crippen LogP contribution in [0.5, 0.6) is 0 Å². The summed E-state index contributed by atoms with van der Waals surface area (Å²) in [5, 5.41) is 0.0830. The van der Waals surface area contributed by atoms with Gasteiger partial charge in [-0.15, -0.1) is 0 Å². The smallest absolute Gasteiger partial charge is 0.141 e. The third-order valence-electron chi connectivity index (χ3n) is 4.58. The number of rotatable bonds is 3. The van der Waals surface area contributed by atoms with Crippen molar-refractivity contribution in [3.63, 3.8) is 0 Å². The fraction of sp³-hybridized carbons (Fsp3) is 0.286. The van der Waals surface area contributed by atoms with E-state index in [1.165, 1.54) is 29.0 Å². The zero-order chi connectivity index (χ0) is 18.2. The second kappa shape index (κ2) is 6.64. The van der Waals surface area contributed by atoms with E-state index in [9.17, 15) is 4.39 Å². The minimum atomic E-state index is -0.433. The van der Waals surface area contributed by atoms with Gasteiger partial charge in [-0.05, 0) is 69.2 Å². The molecule has 0 saturated carbocycles. The first kappa shape index (κ1) is 17.7. The summed E-state index contributed by atoms with van der Waals surface area (Å²) in [5.41, 5.74) is 5.38. The second-order valence-corrected chi connectivity index (χ2v) is 7.27. The summed E-state index contributed by atoms with van der Waals surface area (Å²) in [6.45, 7) is 9.74. The third-order valence-corrected chi connectivity index (χ3v) is 4.87. The van der Waals surface area contributed by atoms with E-state index in [4.69, 9.17) is 11.6 Å². The SMILES string of the molecule is CCN1c2ccc(C=Nc3ccc(F)c(Cl)c3)cc2C(C)=CC1(C)C. The molecule has 0 bridgehead atoms. The van der Waals surface area contributed by atoms with E-state index in [2.05, 4.69) is 61.9 Å². The fourth-order valence-corrected chi connectivity index (χ4v) is 3.65. The molecule has 4 heteroatoms. The van der Waals surface area contributed by atoms with Crippen LogP contribution in [-0.2, 0) is 0 Å². The maximum absolute atomic E-state index is 13.2. The van der Waals surface area contributed by atoms with Crippen LogP contribution in [0.1, 0.15) is 38.8 Å². The van der Waals surface area contributed by atoms with Gasteiger partial charge in [-0.3, -0.25) is 4.99 Å². The van der Waals surface area contributed by atoms with Gasteiger partial charge in [-0.1, -0.05) is 23.7 Å². The largest absolute Gasteiger partial charge is 0.363 e. The molecule has 2 aromatic carbocycles. The highest BCUT2D eigenvalue weighted by Crippen LogP contribution is 2.38. The van der Waals surface area contributed by atoms with Crippen molar-refractivity contribution in [3.8, 4) is 0 Å². The first-order valence-corrected chi connectivity index (χ1v) is 8.80. The topological polar surface area (TPSA) is 15.6 Å². The van der Waals surface area contributed by atoms with Crippen LogP contribution in [0.2, 0.25) is 5.02 Å². The monoisotopic (exact) mass is 356 g/mol. The number of hydrogen-bond donors (Lipinski definition) is 0.